The lowest BCUT2D eigenvalue weighted by molar-refractivity contribution is 0.475. The Kier molecular flexibility index (Phi) is 3.40. The second-order valence-electron chi connectivity index (χ2n) is 3.62. The van der Waals surface area contributed by atoms with Crippen LogP contribution in [0.2, 0.25) is 0 Å². The predicted octanol–water partition coefficient (Wildman–Crippen LogP) is 1.42. The van der Waals surface area contributed by atoms with Crippen LogP contribution in [0, 0.1) is 0 Å². The quantitative estimate of drug-likeness (QED) is 0.739. The predicted molar refractivity (Wildman–Crippen MR) is 66.7 cm³/mol. The maximum atomic E-state index is 9.28. The van der Waals surface area contributed by atoms with E-state index >= 15 is 0 Å². The molecule has 0 aliphatic heterocycles. The largest absolute Gasteiger partial charge is 0.508 e. The van der Waals surface area contributed by atoms with Crippen LogP contribution < -0.4 is 11.1 Å². The van der Waals surface area contributed by atoms with E-state index in [1.54, 1.807) is 30.5 Å². The summed E-state index contributed by atoms with van der Waals surface area (Å²) >= 11 is 0. The molecule has 0 spiro atoms. The Morgan fingerprint density at radius 2 is 2.18 bits per heavy atom. The first-order valence-electron chi connectivity index (χ1n) is 5.34. The number of aromatic hydroxyl groups is 1. The standard InChI is InChI=1S/C12H14N4O/c13-11-4-6-15-12(16-11)5-7-14-9-2-1-3-10(17)8-9/h1-4,6,8,14,17H,5,7H2,(H2,13,15,16). The Morgan fingerprint density at radius 3 is 2.94 bits per heavy atom. The molecule has 2 rings (SSSR count). The molecule has 5 heteroatoms. The van der Waals surface area contributed by atoms with Gasteiger partial charge in [0.05, 0.1) is 0 Å². The summed E-state index contributed by atoms with van der Waals surface area (Å²) in [6.45, 7) is 0.687. The number of nitrogen functional groups attached to an aromatic ring is 1. The number of rotatable bonds is 4. The highest BCUT2D eigenvalue weighted by atomic mass is 16.3. The number of hydrogen-bond acceptors (Lipinski definition) is 5. The van der Waals surface area contributed by atoms with Gasteiger partial charge in [-0.05, 0) is 18.2 Å². The third-order valence-electron chi connectivity index (χ3n) is 2.25. The van der Waals surface area contributed by atoms with Crippen LogP contribution in [-0.2, 0) is 6.42 Å². The van der Waals surface area contributed by atoms with Crippen LogP contribution in [0.1, 0.15) is 5.82 Å². The van der Waals surface area contributed by atoms with Crippen molar-refractivity contribution >= 4 is 11.5 Å². The van der Waals surface area contributed by atoms with Crippen molar-refractivity contribution in [1.82, 2.24) is 9.97 Å². The molecular weight excluding hydrogens is 216 g/mol. The summed E-state index contributed by atoms with van der Waals surface area (Å²) in [5.74, 6) is 1.43. The second-order valence-corrected chi connectivity index (χ2v) is 3.62. The molecule has 88 valence electrons. The molecule has 0 radical (unpaired) electrons. The molecule has 0 saturated carbocycles. The van der Waals surface area contributed by atoms with Crippen molar-refractivity contribution in [2.75, 3.05) is 17.6 Å². The van der Waals surface area contributed by atoms with Gasteiger partial charge in [-0.1, -0.05) is 6.07 Å². The first-order chi connectivity index (χ1) is 8.24. The fourth-order valence-corrected chi connectivity index (χ4v) is 1.47. The molecule has 0 aliphatic rings. The summed E-state index contributed by atoms with van der Waals surface area (Å²) in [6, 6.07) is 8.63. The van der Waals surface area contributed by atoms with Gasteiger partial charge in [0, 0.05) is 30.9 Å². The minimum absolute atomic E-state index is 0.246. The van der Waals surface area contributed by atoms with Crippen LogP contribution in [0.15, 0.2) is 36.5 Å². The molecule has 0 aliphatic carbocycles. The molecule has 2 aromatic rings. The van der Waals surface area contributed by atoms with Gasteiger partial charge in [-0.2, -0.15) is 0 Å². The lowest BCUT2D eigenvalue weighted by Crippen LogP contribution is -2.08. The van der Waals surface area contributed by atoms with Crippen LogP contribution in [-0.4, -0.2) is 21.6 Å². The number of nitrogens with one attached hydrogen (secondary N) is 1. The molecule has 0 saturated heterocycles. The second kappa shape index (κ2) is 5.16. The molecule has 17 heavy (non-hydrogen) atoms. The van der Waals surface area contributed by atoms with Crippen molar-refractivity contribution < 1.29 is 5.11 Å². The minimum Gasteiger partial charge on any atom is -0.508 e. The summed E-state index contributed by atoms with van der Waals surface area (Å²) < 4.78 is 0. The highest BCUT2D eigenvalue weighted by Gasteiger charge is 1.98. The minimum atomic E-state index is 0.246. The number of phenolic OH excluding ortho intramolecular Hbond substituents is 1. The number of benzene rings is 1. The van der Waals surface area contributed by atoms with Crippen molar-refractivity contribution in [1.29, 1.82) is 0 Å². The number of nitrogens with two attached hydrogens (primary N) is 1. The van der Waals surface area contributed by atoms with E-state index in [-0.39, 0.29) is 5.75 Å². The molecule has 5 nitrogen and oxygen atoms in total. The van der Waals surface area contributed by atoms with Gasteiger partial charge in [0.2, 0.25) is 0 Å². The van der Waals surface area contributed by atoms with E-state index in [1.165, 1.54) is 0 Å². The van der Waals surface area contributed by atoms with E-state index in [4.69, 9.17) is 5.73 Å². The van der Waals surface area contributed by atoms with Crippen molar-refractivity contribution in [2.45, 2.75) is 6.42 Å². The summed E-state index contributed by atoms with van der Waals surface area (Å²) in [4.78, 5) is 8.21. The van der Waals surface area contributed by atoms with E-state index < -0.39 is 0 Å². The summed E-state index contributed by atoms with van der Waals surface area (Å²) in [5.41, 5.74) is 6.43. The molecule has 4 N–H and O–H groups in total. The van der Waals surface area contributed by atoms with Gasteiger partial charge in [-0.15, -0.1) is 0 Å². The van der Waals surface area contributed by atoms with Gasteiger partial charge in [-0.3, -0.25) is 0 Å². The number of aromatic nitrogens is 2. The average molecular weight is 230 g/mol. The molecule has 0 fully saturated rings. The molecule has 0 bridgehead atoms. The normalized spacial score (nSPS) is 10.1. The van der Waals surface area contributed by atoms with Gasteiger partial charge in [0.25, 0.3) is 0 Å². The third-order valence-corrected chi connectivity index (χ3v) is 2.25. The molecule has 0 unspecified atom stereocenters. The summed E-state index contributed by atoms with van der Waals surface area (Å²) in [6.07, 6.45) is 2.33. The number of phenols is 1. The summed E-state index contributed by atoms with van der Waals surface area (Å²) in [7, 11) is 0. The zero-order valence-corrected chi connectivity index (χ0v) is 9.30. The Hall–Kier alpha value is -2.30. The topological polar surface area (TPSA) is 84.1 Å². The van der Waals surface area contributed by atoms with Gasteiger partial charge < -0.3 is 16.2 Å². The van der Waals surface area contributed by atoms with E-state index in [0.29, 0.717) is 24.6 Å². The molecule has 0 atom stereocenters. The molecular formula is C12H14N4O. The number of hydrogen-bond donors (Lipinski definition) is 3. The van der Waals surface area contributed by atoms with Crippen LogP contribution in [0.3, 0.4) is 0 Å². The molecule has 1 heterocycles. The SMILES string of the molecule is Nc1ccnc(CCNc2cccc(O)c2)n1. The zero-order chi connectivity index (χ0) is 12.1. The first-order valence-corrected chi connectivity index (χ1v) is 5.34. The lowest BCUT2D eigenvalue weighted by atomic mass is 10.3. The van der Waals surface area contributed by atoms with Gasteiger partial charge in [-0.25, -0.2) is 9.97 Å². The summed E-state index contributed by atoms with van der Waals surface area (Å²) in [5, 5.41) is 12.5. The van der Waals surface area contributed by atoms with Crippen LogP contribution in [0.5, 0.6) is 5.75 Å². The van der Waals surface area contributed by atoms with Crippen LogP contribution in [0.4, 0.5) is 11.5 Å². The van der Waals surface area contributed by atoms with Gasteiger partial charge >= 0.3 is 0 Å². The zero-order valence-electron chi connectivity index (χ0n) is 9.30. The monoisotopic (exact) mass is 230 g/mol. The van der Waals surface area contributed by atoms with Gasteiger partial charge in [0.1, 0.15) is 17.4 Å². The Bertz CT molecular complexity index is 456. The maximum absolute atomic E-state index is 9.28. The van der Waals surface area contributed by atoms with Crippen molar-refractivity contribution in [3.63, 3.8) is 0 Å². The van der Waals surface area contributed by atoms with Crippen LogP contribution in [0.25, 0.3) is 0 Å². The Labute approximate surface area is 99.3 Å². The Morgan fingerprint density at radius 1 is 1.29 bits per heavy atom. The smallest absolute Gasteiger partial charge is 0.132 e. The van der Waals surface area contributed by atoms with E-state index in [2.05, 4.69) is 15.3 Å². The molecule has 1 aromatic heterocycles. The highest BCUT2D eigenvalue weighted by Crippen LogP contribution is 2.15. The first kappa shape index (κ1) is 11.2. The fraction of sp³-hybridized carbons (Fsp3) is 0.167. The maximum Gasteiger partial charge on any atom is 0.132 e. The number of anilines is 2. The number of nitrogens with zero attached hydrogens (tertiary/aromatic N) is 2. The molecule has 1 aromatic carbocycles. The van der Waals surface area contributed by atoms with Crippen molar-refractivity contribution in [3.8, 4) is 5.75 Å². The van der Waals surface area contributed by atoms with E-state index in [0.717, 1.165) is 5.69 Å². The van der Waals surface area contributed by atoms with Crippen LogP contribution >= 0.6 is 0 Å². The Balaban J connectivity index is 1.87. The van der Waals surface area contributed by atoms with E-state index in [9.17, 15) is 5.11 Å². The van der Waals surface area contributed by atoms with Crippen molar-refractivity contribution in [3.05, 3.63) is 42.4 Å². The van der Waals surface area contributed by atoms with Gasteiger partial charge in [0.15, 0.2) is 0 Å². The highest BCUT2D eigenvalue weighted by molar-refractivity contribution is 5.47. The van der Waals surface area contributed by atoms with E-state index in [1.807, 2.05) is 6.07 Å². The van der Waals surface area contributed by atoms with Crippen molar-refractivity contribution in [2.24, 2.45) is 0 Å². The lowest BCUT2D eigenvalue weighted by Gasteiger charge is -2.06. The third kappa shape index (κ3) is 3.34. The molecule has 0 amide bonds. The average Bonchev–Trinajstić information content (AvgIpc) is 2.29. The fourth-order valence-electron chi connectivity index (χ4n) is 1.47.